The van der Waals surface area contributed by atoms with E-state index in [1.165, 1.54) is 18.2 Å². The molecule has 0 aromatic heterocycles. The van der Waals surface area contributed by atoms with Gasteiger partial charge >= 0.3 is 12.5 Å². The Morgan fingerprint density at radius 2 is 1.95 bits per heavy atom. The van der Waals surface area contributed by atoms with Gasteiger partial charge in [-0.05, 0) is 18.9 Å². The summed E-state index contributed by atoms with van der Waals surface area (Å²) in [4.78, 5) is 0. The third-order valence-corrected chi connectivity index (χ3v) is 2.50. The lowest BCUT2D eigenvalue weighted by Gasteiger charge is -2.21. The lowest BCUT2D eigenvalue weighted by molar-refractivity contribution is -0.253. The smallest absolute Gasteiger partial charge is 0.428 e. The van der Waals surface area contributed by atoms with E-state index in [0.29, 0.717) is 12.8 Å². The molecule has 0 heterocycles. The molecule has 106 valence electrons. The molecule has 0 aliphatic rings. The molecule has 0 fully saturated rings. The van der Waals surface area contributed by atoms with Crippen molar-refractivity contribution < 1.29 is 22.3 Å². The van der Waals surface area contributed by atoms with E-state index in [-0.39, 0.29) is 11.3 Å². The Morgan fingerprint density at radius 1 is 1.32 bits per heavy atom. The van der Waals surface area contributed by atoms with Crippen LogP contribution < -0.4 is 10.5 Å². The standard InChI is InChI=1S/C13H15F4NO/c1-2-3-7-10(18)9-6-4-5-8-11(9)19-13(16,17)12(14)15/h2,4-6,8,10,12H,1,3,7,18H2/t10-/m1/s1. The number of para-hydroxylation sites is 1. The Labute approximate surface area is 108 Å². The predicted octanol–water partition coefficient (Wildman–Crippen LogP) is 3.89. The zero-order valence-electron chi connectivity index (χ0n) is 10.2. The topological polar surface area (TPSA) is 35.2 Å². The third kappa shape index (κ3) is 4.24. The van der Waals surface area contributed by atoms with Crippen molar-refractivity contribution in [2.24, 2.45) is 5.73 Å². The summed E-state index contributed by atoms with van der Waals surface area (Å²) in [6.07, 6.45) is -5.75. The fourth-order valence-corrected chi connectivity index (χ4v) is 1.52. The Hall–Kier alpha value is -1.56. The molecule has 0 saturated heterocycles. The molecular weight excluding hydrogens is 262 g/mol. The molecule has 1 rings (SSSR count). The van der Waals surface area contributed by atoms with Crippen LogP contribution in [0.15, 0.2) is 36.9 Å². The molecule has 2 nitrogen and oxygen atoms in total. The minimum Gasteiger partial charge on any atom is -0.428 e. The van der Waals surface area contributed by atoms with Gasteiger partial charge in [-0.25, -0.2) is 0 Å². The van der Waals surface area contributed by atoms with Gasteiger partial charge in [-0.1, -0.05) is 24.3 Å². The first-order valence-electron chi connectivity index (χ1n) is 5.69. The molecule has 0 radical (unpaired) electrons. The number of ether oxygens (including phenoxy) is 1. The fourth-order valence-electron chi connectivity index (χ4n) is 1.52. The Kier molecular flexibility index (Phi) is 5.35. The number of allylic oxidation sites excluding steroid dienone is 1. The van der Waals surface area contributed by atoms with Crippen LogP contribution in [-0.2, 0) is 0 Å². The number of alkyl halides is 4. The van der Waals surface area contributed by atoms with Crippen molar-refractivity contribution in [3.63, 3.8) is 0 Å². The summed E-state index contributed by atoms with van der Waals surface area (Å²) in [6.45, 7) is 3.53. The number of hydrogen-bond donors (Lipinski definition) is 1. The maximum absolute atomic E-state index is 12.9. The molecule has 0 spiro atoms. The Morgan fingerprint density at radius 3 is 2.53 bits per heavy atom. The summed E-state index contributed by atoms with van der Waals surface area (Å²) in [5, 5.41) is 0. The molecule has 19 heavy (non-hydrogen) atoms. The number of nitrogens with two attached hydrogens (primary N) is 1. The normalized spacial score (nSPS) is 13.4. The second-order valence-corrected chi connectivity index (χ2v) is 3.97. The first-order chi connectivity index (χ1) is 8.88. The first-order valence-corrected chi connectivity index (χ1v) is 5.69. The van der Waals surface area contributed by atoms with E-state index in [9.17, 15) is 17.6 Å². The predicted molar refractivity (Wildman–Crippen MR) is 64.4 cm³/mol. The Balaban J connectivity index is 2.92. The Bertz CT molecular complexity index is 423. The molecule has 0 amide bonds. The van der Waals surface area contributed by atoms with Crippen molar-refractivity contribution in [1.29, 1.82) is 0 Å². The largest absolute Gasteiger partial charge is 0.461 e. The summed E-state index contributed by atoms with van der Waals surface area (Å²) in [5.74, 6) is -0.329. The molecule has 0 aliphatic carbocycles. The van der Waals surface area contributed by atoms with Gasteiger partial charge in [0, 0.05) is 11.6 Å². The average molecular weight is 277 g/mol. The molecule has 1 aromatic rings. The zero-order valence-corrected chi connectivity index (χ0v) is 10.2. The van der Waals surface area contributed by atoms with Crippen molar-refractivity contribution in [3.05, 3.63) is 42.5 Å². The summed E-state index contributed by atoms with van der Waals surface area (Å²) >= 11 is 0. The molecule has 0 unspecified atom stereocenters. The quantitative estimate of drug-likeness (QED) is 0.606. The van der Waals surface area contributed by atoms with Crippen LogP contribution in [0, 0.1) is 0 Å². The highest BCUT2D eigenvalue weighted by Crippen LogP contribution is 2.33. The van der Waals surface area contributed by atoms with Crippen LogP contribution in [-0.4, -0.2) is 12.5 Å². The maximum Gasteiger partial charge on any atom is 0.461 e. The number of rotatable bonds is 7. The SMILES string of the molecule is C=CCC[C@@H](N)c1ccccc1OC(F)(F)C(F)F. The van der Waals surface area contributed by atoms with E-state index in [1.54, 1.807) is 12.1 Å². The average Bonchev–Trinajstić information content (AvgIpc) is 2.36. The summed E-state index contributed by atoms with van der Waals surface area (Å²) < 4.78 is 54.1. The van der Waals surface area contributed by atoms with Gasteiger partial charge in [-0.2, -0.15) is 17.6 Å². The van der Waals surface area contributed by atoms with Crippen LogP contribution in [0.1, 0.15) is 24.4 Å². The number of halogens is 4. The van der Waals surface area contributed by atoms with Crippen LogP contribution >= 0.6 is 0 Å². The zero-order chi connectivity index (χ0) is 14.5. The fraction of sp³-hybridized carbons (Fsp3) is 0.385. The van der Waals surface area contributed by atoms with E-state index in [0.717, 1.165) is 0 Å². The molecule has 1 aromatic carbocycles. The highest BCUT2D eigenvalue weighted by atomic mass is 19.3. The van der Waals surface area contributed by atoms with E-state index in [4.69, 9.17) is 5.73 Å². The van der Waals surface area contributed by atoms with Gasteiger partial charge in [0.15, 0.2) is 0 Å². The monoisotopic (exact) mass is 277 g/mol. The maximum atomic E-state index is 12.9. The number of hydrogen-bond acceptors (Lipinski definition) is 2. The van der Waals surface area contributed by atoms with Crippen molar-refractivity contribution in [1.82, 2.24) is 0 Å². The van der Waals surface area contributed by atoms with Crippen LogP contribution in [0.3, 0.4) is 0 Å². The van der Waals surface area contributed by atoms with Gasteiger partial charge < -0.3 is 10.5 Å². The summed E-state index contributed by atoms with van der Waals surface area (Å²) in [7, 11) is 0. The van der Waals surface area contributed by atoms with Crippen LogP contribution in [0.5, 0.6) is 5.75 Å². The lowest BCUT2D eigenvalue weighted by atomic mass is 10.0. The van der Waals surface area contributed by atoms with Gasteiger partial charge in [0.05, 0.1) is 0 Å². The van der Waals surface area contributed by atoms with Crippen molar-refractivity contribution in [3.8, 4) is 5.75 Å². The van der Waals surface area contributed by atoms with Gasteiger partial charge in [0.25, 0.3) is 0 Å². The van der Waals surface area contributed by atoms with E-state index < -0.39 is 18.6 Å². The van der Waals surface area contributed by atoms with E-state index in [2.05, 4.69) is 11.3 Å². The van der Waals surface area contributed by atoms with Gasteiger partial charge in [-0.3, -0.25) is 0 Å². The minimum absolute atomic E-state index is 0.268. The van der Waals surface area contributed by atoms with E-state index >= 15 is 0 Å². The van der Waals surface area contributed by atoms with Crippen LogP contribution in [0.2, 0.25) is 0 Å². The lowest BCUT2D eigenvalue weighted by Crippen LogP contribution is -2.34. The van der Waals surface area contributed by atoms with Crippen molar-refractivity contribution >= 4 is 0 Å². The molecule has 6 heteroatoms. The minimum atomic E-state index is -4.53. The van der Waals surface area contributed by atoms with Crippen LogP contribution in [0.25, 0.3) is 0 Å². The summed E-state index contributed by atoms with van der Waals surface area (Å²) in [6, 6.07) is 5.09. The second-order valence-electron chi connectivity index (χ2n) is 3.97. The highest BCUT2D eigenvalue weighted by molar-refractivity contribution is 5.36. The number of benzene rings is 1. The van der Waals surface area contributed by atoms with Gasteiger partial charge in [-0.15, -0.1) is 6.58 Å². The summed E-state index contributed by atoms with van der Waals surface area (Å²) in [5.41, 5.74) is 6.08. The highest BCUT2D eigenvalue weighted by Gasteiger charge is 2.44. The second kappa shape index (κ2) is 6.56. The molecular formula is C13H15F4NO. The molecule has 1 atom stereocenters. The molecule has 0 aliphatic heterocycles. The first kappa shape index (κ1) is 15.5. The van der Waals surface area contributed by atoms with Crippen LogP contribution in [0.4, 0.5) is 17.6 Å². The molecule has 0 saturated carbocycles. The molecule has 0 bridgehead atoms. The van der Waals surface area contributed by atoms with Gasteiger partial charge in [0.1, 0.15) is 5.75 Å². The van der Waals surface area contributed by atoms with E-state index in [1.807, 2.05) is 0 Å². The van der Waals surface area contributed by atoms with Crippen molar-refractivity contribution in [2.45, 2.75) is 31.4 Å². The van der Waals surface area contributed by atoms with Gasteiger partial charge in [0.2, 0.25) is 0 Å². The van der Waals surface area contributed by atoms with Crippen molar-refractivity contribution in [2.75, 3.05) is 0 Å². The molecule has 2 N–H and O–H groups in total. The third-order valence-electron chi connectivity index (χ3n) is 2.50.